The van der Waals surface area contributed by atoms with E-state index in [0.29, 0.717) is 0 Å². The molecule has 2 aromatic heterocycles. The number of nitrogens with zero attached hydrogens (tertiary/aromatic N) is 2. The van der Waals surface area contributed by atoms with E-state index in [9.17, 15) is 0 Å². The SMILES string of the molecule is c1ccc(-c2ccc(N(c3ccc(-c4ccc5oc6ccccc6c5c4)cc3)c3ccc(-c4ccccc4-n4c5ccccc5c5ccccc54)cc3)cc2)cc1. The summed E-state index contributed by atoms with van der Waals surface area (Å²) in [7, 11) is 0. The van der Waals surface area contributed by atoms with Crippen LogP contribution in [0.4, 0.5) is 17.1 Å². The van der Waals surface area contributed by atoms with E-state index >= 15 is 0 Å². The van der Waals surface area contributed by atoms with E-state index in [0.717, 1.165) is 61.4 Å². The van der Waals surface area contributed by atoms with Crippen LogP contribution in [0.3, 0.4) is 0 Å². The summed E-state index contributed by atoms with van der Waals surface area (Å²) < 4.78 is 8.52. The maximum absolute atomic E-state index is 6.12. The van der Waals surface area contributed by atoms with Crippen molar-refractivity contribution >= 4 is 60.8 Å². The Morgan fingerprint density at radius 1 is 0.316 bits per heavy atom. The molecule has 3 nitrogen and oxygen atoms in total. The Morgan fingerprint density at radius 2 is 0.772 bits per heavy atom. The van der Waals surface area contributed by atoms with Crippen LogP contribution < -0.4 is 4.90 Å². The number of hydrogen-bond donors (Lipinski definition) is 0. The molecule has 0 fully saturated rings. The highest BCUT2D eigenvalue weighted by Gasteiger charge is 2.17. The molecule has 0 saturated heterocycles. The van der Waals surface area contributed by atoms with Crippen LogP contribution in [-0.4, -0.2) is 4.57 Å². The smallest absolute Gasteiger partial charge is 0.135 e. The van der Waals surface area contributed by atoms with Crippen LogP contribution in [0.15, 0.2) is 223 Å². The third-order valence-electron chi connectivity index (χ3n) is 11.2. The number of para-hydroxylation sites is 4. The Morgan fingerprint density at radius 3 is 1.42 bits per heavy atom. The molecule has 0 amide bonds. The standard InChI is InChI=1S/C54H36N2O/c1-2-12-37(13-3-1)38-22-29-42(30-23-38)55(43-31-24-39(25-32-43)41-28-35-54-49(36-41)48-17-7-11-21-53(48)57-54)44-33-26-40(27-34-44)45-14-4-8-18-50(45)56-51-19-9-5-15-46(51)47-16-6-10-20-52(47)56/h1-36H. The van der Waals surface area contributed by atoms with Crippen LogP contribution in [0.5, 0.6) is 0 Å². The Kier molecular flexibility index (Phi) is 7.82. The Balaban J connectivity index is 0.991. The molecule has 57 heavy (non-hydrogen) atoms. The summed E-state index contributed by atoms with van der Waals surface area (Å²) in [5, 5.41) is 4.78. The van der Waals surface area contributed by atoms with Crippen molar-refractivity contribution in [3.05, 3.63) is 218 Å². The molecule has 0 radical (unpaired) electrons. The largest absolute Gasteiger partial charge is 0.456 e. The number of rotatable bonds is 7. The monoisotopic (exact) mass is 728 g/mol. The molecule has 0 aliphatic heterocycles. The average Bonchev–Trinajstić information content (AvgIpc) is 3.83. The summed E-state index contributed by atoms with van der Waals surface area (Å²) in [6, 6.07) is 78.2. The fourth-order valence-corrected chi connectivity index (χ4v) is 8.47. The van der Waals surface area contributed by atoms with Crippen LogP contribution in [0.25, 0.3) is 82.8 Å². The Labute approximate surface area is 330 Å². The van der Waals surface area contributed by atoms with E-state index in [-0.39, 0.29) is 0 Å². The van der Waals surface area contributed by atoms with Gasteiger partial charge in [-0.3, -0.25) is 0 Å². The van der Waals surface area contributed by atoms with Crippen molar-refractivity contribution in [2.75, 3.05) is 4.90 Å². The van der Waals surface area contributed by atoms with E-state index in [4.69, 9.17) is 4.42 Å². The quantitative estimate of drug-likeness (QED) is 0.163. The van der Waals surface area contributed by atoms with Gasteiger partial charge in [0, 0.05) is 44.2 Å². The highest BCUT2D eigenvalue weighted by atomic mass is 16.3. The molecule has 0 N–H and O–H groups in total. The predicted molar refractivity (Wildman–Crippen MR) is 239 cm³/mol. The minimum Gasteiger partial charge on any atom is -0.456 e. The van der Waals surface area contributed by atoms with Crippen LogP contribution in [0.2, 0.25) is 0 Å². The minimum absolute atomic E-state index is 0.905. The maximum Gasteiger partial charge on any atom is 0.135 e. The van der Waals surface area contributed by atoms with Crippen molar-refractivity contribution in [1.29, 1.82) is 0 Å². The van der Waals surface area contributed by atoms with Gasteiger partial charge >= 0.3 is 0 Å². The summed E-state index contributed by atoms with van der Waals surface area (Å²) in [6.45, 7) is 0. The third kappa shape index (κ3) is 5.68. The summed E-state index contributed by atoms with van der Waals surface area (Å²) in [6.07, 6.45) is 0. The van der Waals surface area contributed by atoms with E-state index in [2.05, 4.69) is 216 Å². The fourth-order valence-electron chi connectivity index (χ4n) is 8.47. The highest BCUT2D eigenvalue weighted by Crippen LogP contribution is 2.40. The molecule has 0 spiro atoms. The fraction of sp³-hybridized carbons (Fsp3) is 0. The number of furan rings is 1. The minimum atomic E-state index is 0.905. The lowest BCUT2D eigenvalue weighted by Crippen LogP contribution is -2.09. The second kappa shape index (κ2) is 13.6. The van der Waals surface area contributed by atoms with E-state index < -0.39 is 0 Å². The third-order valence-corrected chi connectivity index (χ3v) is 11.2. The molecule has 11 aromatic rings. The number of hydrogen-bond acceptors (Lipinski definition) is 2. The van der Waals surface area contributed by atoms with Crippen LogP contribution in [0, 0.1) is 0 Å². The molecular formula is C54H36N2O. The van der Waals surface area contributed by atoms with Gasteiger partial charge in [0.25, 0.3) is 0 Å². The average molecular weight is 729 g/mol. The van der Waals surface area contributed by atoms with Gasteiger partial charge in [0.1, 0.15) is 11.2 Å². The van der Waals surface area contributed by atoms with Crippen LogP contribution >= 0.6 is 0 Å². The highest BCUT2D eigenvalue weighted by molar-refractivity contribution is 6.10. The molecular weight excluding hydrogens is 693 g/mol. The van der Waals surface area contributed by atoms with Gasteiger partial charge in [0.15, 0.2) is 0 Å². The van der Waals surface area contributed by atoms with Gasteiger partial charge in [0.2, 0.25) is 0 Å². The zero-order valence-electron chi connectivity index (χ0n) is 31.1. The van der Waals surface area contributed by atoms with Gasteiger partial charge in [-0.25, -0.2) is 0 Å². The van der Waals surface area contributed by atoms with Crippen molar-refractivity contribution in [2.24, 2.45) is 0 Å². The lowest BCUT2D eigenvalue weighted by molar-refractivity contribution is 0.669. The van der Waals surface area contributed by atoms with Crippen molar-refractivity contribution < 1.29 is 4.42 Å². The molecule has 9 aromatic carbocycles. The van der Waals surface area contributed by atoms with Crippen molar-refractivity contribution in [3.63, 3.8) is 0 Å². The maximum atomic E-state index is 6.12. The van der Waals surface area contributed by atoms with Gasteiger partial charge < -0.3 is 13.9 Å². The zero-order chi connectivity index (χ0) is 37.7. The van der Waals surface area contributed by atoms with E-state index in [1.165, 1.54) is 38.5 Å². The molecule has 268 valence electrons. The van der Waals surface area contributed by atoms with Crippen molar-refractivity contribution in [1.82, 2.24) is 4.57 Å². The number of benzene rings is 9. The molecule has 3 heteroatoms. The lowest BCUT2D eigenvalue weighted by atomic mass is 10.0. The van der Waals surface area contributed by atoms with Gasteiger partial charge in [-0.2, -0.15) is 0 Å². The zero-order valence-corrected chi connectivity index (χ0v) is 31.1. The Bertz CT molecular complexity index is 3160. The second-order valence-electron chi connectivity index (χ2n) is 14.5. The summed E-state index contributed by atoms with van der Waals surface area (Å²) >= 11 is 0. The topological polar surface area (TPSA) is 21.3 Å². The molecule has 0 saturated carbocycles. The first kappa shape index (κ1) is 32.8. The molecule has 0 unspecified atom stereocenters. The Hall–Kier alpha value is -7.62. The van der Waals surface area contributed by atoms with Crippen molar-refractivity contribution in [3.8, 4) is 39.1 Å². The molecule has 11 rings (SSSR count). The normalized spacial score (nSPS) is 11.5. The van der Waals surface area contributed by atoms with Gasteiger partial charge in [-0.1, -0.05) is 146 Å². The second-order valence-corrected chi connectivity index (χ2v) is 14.5. The number of fused-ring (bicyclic) bond motifs is 6. The number of anilines is 3. The molecule has 0 aliphatic carbocycles. The molecule has 0 bridgehead atoms. The molecule has 0 aliphatic rings. The number of aromatic nitrogens is 1. The predicted octanol–water partition coefficient (Wildman–Crippen LogP) is 15.2. The van der Waals surface area contributed by atoms with Crippen molar-refractivity contribution in [2.45, 2.75) is 0 Å². The first-order chi connectivity index (χ1) is 28.3. The molecule has 0 atom stereocenters. The van der Waals surface area contributed by atoms with Gasteiger partial charge in [-0.15, -0.1) is 0 Å². The van der Waals surface area contributed by atoms with Gasteiger partial charge in [0.05, 0.1) is 16.7 Å². The van der Waals surface area contributed by atoms with Crippen LogP contribution in [0.1, 0.15) is 0 Å². The summed E-state index contributed by atoms with van der Waals surface area (Å²) in [5.74, 6) is 0. The van der Waals surface area contributed by atoms with Gasteiger partial charge in [-0.05, 0) is 101 Å². The summed E-state index contributed by atoms with van der Waals surface area (Å²) in [4.78, 5) is 2.34. The van der Waals surface area contributed by atoms with E-state index in [1.807, 2.05) is 12.1 Å². The van der Waals surface area contributed by atoms with Crippen LogP contribution in [-0.2, 0) is 0 Å². The first-order valence-electron chi connectivity index (χ1n) is 19.4. The first-order valence-corrected chi connectivity index (χ1v) is 19.4. The van der Waals surface area contributed by atoms with E-state index in [1.54, 1.807) is 0 Å². The summed E-state index contributed by atoms with van der Waals surface area (Å²) in [5.41, 5.74) is 15.7. The molecule has 2 heterocycles. The lowest BCUT2D eigenvalue weighted by Gasteiger charge is -2.26.